The van der Waals surface area contributed by atoms with Crippen LogP contribution in [0.2, 0.25) is 0 Å². The molecule has 0 bridgehead atoms. The minimum atomic E-state index is -0.257. The molecule has 1 aromatic carbocycles. The molecule has 4 nitrogen and oxygen atoms in total. The highest BCUT2D eigenvalue weighted by Gasteiger charge is 2.22. The topological polar surface area (TPSA) is 78.5 Å². The van der Waals surface area contributed by atoms with Crippen LogP contribution < -0.4 is 5.73 Å². The van der Waals surface area contributed by atoms with Gasteiger partial charge in [0.2, 0.25) is 0 Å². The summed E-state index contributed by atoms with van der Waals surface area (Å²) in [7, 11) is 0. The molecule has 2 unspecified atom stereocenters. The smallest absolute Gasteiger partial charge is 0.0931 e. The van der Waals surface area contributed by atoms with Crippen LogP contribution in [-0.2, 0) is 0 Å². The summed E-state index contributed by atoms with van der Waals surface area (Å²) in [6, 6.07) is 7.88. The fraction of sp³-hybridized carbons (Fsp3) is 0.385. The van der Waals surface area contributed by atoms with E-state index in [4.69, 9.17) is 11.0 Å². The molecular weight excluding hydrogens is 212 g/mol. The first-order chi connectivity index (χ1) is 8.13. The maximum absolute atomic E-state index is 9.15. The Morgan fingerprint density at radius 2 is 2.18 bits per heavy atom. The van der Waals surface area contributed by atoms with E-state index >= 15 is 0 Å². The molecule has 0 aliphatic heterocycles. The van der Waals surface area contributed by atoms with Gasteiger partial charge in [-0.1, -0.05) is 19.9 Å². The minimum absolute atomic E-state index is 0.171. The van der Waals surface area contributed by atoms with Gasteiger partial charge in [-0.3, -0.25) is 0 Å². The average Bonchev–Trinajstić information content (AvgIpc) is 2.75. The molecule has 0 amide bonds. The Morgan fingerprint density at radius 3 is 2.82 bits per heavy atom. The van der Waals surface area contributed by atoms with Crippen molar-refractivity contribution in [2.75, 3.05) is 0 Å². The van der Waals surface area contributed by atoms with Crippen molar-refractivity contribution in [2.45, 2.75) is 19.9 Å². The monoisotopic (exact) mass is 228 g/mol. The van der Waals surface area contributed by atoms with E-state index in [-0.39, 0.29) is 17.9 Å². The van der Waals surface area contributed by atoms with Crippen molar-refractivity contribution in [2.24, 2.45) is 17.6 Å². The van der Waals surface area contributed by atoms with E-state index in [1.54, 1.807) is 6.33 Å². The number of H-pyrrole nitrogens is 1. The third-order valence-electron chi connectivity index (χ3n) is 3.08. The van der Waals surface area contributed by atoms with Gasteiger partial charge in [-0.05, 0) is 23.6 Å². The first-order valence-corrected chi connectivity index (χ1v) is 5.71. The van der Waals surface area contributed by atoms with E-state index in [0.29, 0.717) is 0 Å². The number of nitrogens with one attached hydrogen (secondary N) is 1. The first kappa shape index (κ1) is 11.6. The van der Waals surface area contributed by atoms with Crippen LogP contribution in [0.3, 0.4) is 0 Å². The lowest BCUT2D eigenvalue weighted by Gasteiger charge is -2.21. The van der Waals surface area contributed by atoms with E-state index in [9.17, 15) is 0 Å². The molecule has 1 heterocycles. The number of aromatic amines is 1. The molecular formula is C13H16N4. The third kappa shape index (κ3) is 2.15. The van der Waals surface area contributed by atoms with Gasteiger partial charge in [0.05, 0.1) is 29.3 Å². The fourth-order valence-corrected chi connectivity index (χ4v) is 2.01. The van der Waals surface area contributed by atoms with Crippen molar-refractivity contribution in [1.82, 2.24) is 9.97 Å². The summed E-state index contributed by atoms with van der Waals surface area (Å²) >= 11 is 0. The Hall–Kier alpha value is -1.86. The van der Waals surface area contributed by atoms with Gasteiger partial charge in [0, 0.05) is 6.04 Å². The lowest BCUT2D eigenvalue weighted by molar-refractivity contribution is 0.404. The first-order valence-electron chi connectivity index (χ1n) is 5.71. The summed E-state index contributed by atoms with van der Waals surface area (Å²) in [4.78, 5) is 7.21. The van der Waals surface area contributed by atoms with Crippen LogP contribution in [0.4, 0.5) is 0 Å². The maximum atomic E-state index is 9.15. The van der Waals surface area contributed by atoms with Crippen LogP contribution in [0.15, 0.2) is 24.5 Å². The van der Waals surface area contributed by atoms with Gasteiger partial charge < -0.3 is 10.7 Å². The van der Waals surface area contributed by atoms with Gasteiger partial charge in [0.1, 0.15) is 0 Å². The number of benzene rings is 1. The van der Waals surface area contributed by atoms with Crippen molar-refractivity contribution in [3.05, 3.63) is 30.1 Å². The lowest BCUT2D eigenvalue weighted by atomic mass is 9.86. The predicted molar refractivity (Wildman–Crippen MR) is 67.0 cm³/mol. The Bertz CT molecular complexity index is 550. The number of rotatable bonds is 3. The van der Waals surface area contributed by atoms with E-state index in [0.717, 1.165) is 16.6 Å². The van der Waals surface area contributed by atoms with Gasteiger partial charge in [0.15, 0.2) is 0 Å². The minimum Gasteiger partial charge on any atom is -0.345 e. The SMILES string of the molecule is CC(C)C(C#N)C(N)c1ccc2nc[nH]c2c1. The van der Waals surface area contributed by atoms with Crippen molar-refractivity contribution in [3.8, 4) is 6.07 Å². The molecule has 4 heteroatoms. The molecule has 0 saturated heterocycles. The molecule has 2 atom stereocenters. The molecule has 0 aliphatic rings. The Labute approximate surface area is 100 Å². The Morgan fingerprint density at radius 1 is 1.41 bits per heavy atom. The van der Waals surface area contributed by atoms with Gasteiger partial charge in [-0.25, -0.2) is 4.98 Å². The quantitative estimate of drug-likeness (QED) is 0.846. The molecule has 0 saturated carbocycles. The number of fused-ring (bicyclic) bond motifs is 1. The van der Waals surface area contributed by atoms with Gasteiger partial charge in [0.25, 0.3) is 0 Å². The zero-order chi connectivity index (χ0) is 12.4. The second kappa shape index (κ2) is 4.56. The summed E-state index contributed by atoms with van der Waals surface area (Å²) in [5, 5.41) is 9.15. The van der Waals surface area contributed by atoms with Crippen molar-refractivity contribution in [3.63, 3.8) is 0 Å². The van der Waals surface area contributed by atoms with Gasteiger partial charge >= 0.3 is 0 Å². The summed E-state index contributed by atoms with van der Waals surface area (Å²) in [6.07, 6.45) is 1.66. The largest absolute Gasteiger partial charge is 0.345 e. The zero-order valence-corrected chi connectivity index (χ0v) is 10.0. The molecule has 88 valence electrons. The fourth-order valence-electron chi connectivity index (χ4n) is 2.01. The number of imidazole rings is 1. The van der Waals surface area contributed by atoms with E-state index < -0.39 is 0 Å². The van der Waals surface area contributed by atoms with Crippen molar-refractivity contribution in [1.29, 1.82) is 5.26 Å². The van der Waals surface area contributed by atoms with Gasteiger partial charge in [-0.2, -0.15) is 5.26 Å². The molecule has 2 rings (SSSR count). The molecule has 17 heavy (non-hydrogen) atoms. The molecule has 1 aromatic heterocycles. The Kier molecular flexibility index (Phi) is 3.12. The van der Waals surface area contributed by atoms with Crippen molar-refractivity contribution >= 4 is 11.0 Å². The predicted octanol–water partition coefficient (Wildman–Crippen LogP) is 2.36. The average molecular weight is 228 g/mol. The molecule has 2 aromatic rings. The van der Waals surface area contributed by atoms with E-state index in [1.807, 2.05) is 32.0 Å². The normalized spacial score (nSPS) is 14.8. The summed E-state index contributed by atoms with van der Waals surface area (Å²) in [5.74, 6) is 0.0721. The number of hydrogen-bond acceptors (Lipinski definition) is 3. The molecule has 0 spiro atoms. The zero-order valence-electron chi connectivity index (χ0n) is 10.0. The highest BCUT2D eigenvalue weighted by molar-refractivity contribution is 5.75. The molecule has 3 N–H and O–H groups in total. The summed E-state index contributed by atoms with van der Waals surface area (Å²) in [6.45, 7) is 4.03. The van der Waals surface area contributed by atoms with Crippen LogP contribution >= 0.6 is 0 Å². The lowest BCUT2D eigenvalue weighted by Crippen LogP contribution is -2.24. The second-order valence-corrected chi connectivity index (χ2v) is 4.60. The standard InChI is InChI=1S/C13H16N4/c1-8(2)10(6-14)13(15)9-3-4-11-12(5-9)17-7-16-11/h3-5,7-8,10,13H,15H2,1-2H3,(H,16,17). The summed E-state index contributed by atoms with van der Waals surface area (Å²) in [5.41, 5.74) is 9.00. The van der Waals surface area contributed by atoms with E-state index in [2.05, 4.69) is 16.0 Å². The van der Waals surface area contributed by atoms with Crippen LogP contribution in [-0.4, -0.2) is 9.97 Å². The Balaban J connectivity index is 2.35. The van der Waals surface area contributed by atoms with E-state index in [1.165, 1.54) is 0 Å². The van der Waals surface area contributed by atoms with Crippen LogP contribution in [0.5, 0.6) is 0 Å². The molecule has 0 aliphatic carbocycles. The maximum Gasteiger partial charge on any atom is 0.0931 e. The van der Waals surface area contributed by atoms with Crippen LogP contribution in [0.25, 0.3) is 11.0 Å². The highest BCUT2D eigenvalue weighted by Crippen LogP contribution is 2.26. The number of nitriles is 1. The molecule has 0 radical (unpaired) electrons. The highest BCUT2D eigenvalue weighted by atomic mass is 14.9. The number of aromatic nitrogens is 2. The number of nitrogens with zero attached hydrogens (tertiary/aromatic N) is 2. The van der Waals surface area contributed by atoms with Gasteiger partial charge in [-0.15, -0.1) is 0 Å². The van der Waals surface area contributed by atoms with Crippen LogP contribution in [0, 0.1) is 23.2 Å². The number of nitrogens with two attached hydrogens (primary N) is 1. The van der Waals surface area contributed by atoms with Crippen molar-refractivity contribution < 1.29 is 0 Å². The summed E-state index contributed by atoms with van der Waals surface area (Å²) < 4.78 is 0. The number of hydrogen-bond donors (Lipinski definition) is 2. The third-order valence-corrected chi connectivity index (χ3v) is 3.08. The molecule has 0 fully saturated rings. The van der Waals surface area contributed by atoms with Crippen LogP contribution in [0.1, 0.15) is 25.5 Å². The second-order valence-electron chi connectivity index (χ2n) is 4.60.